The second-order valence-electron chi connectivity index (χ2n) is 4.98. The lowest BCUT2D eigenvalue weighted by atomic mass is 10.1. The summed E-state index contributed by atoms with van der Waals surface area (Å²) in [6.45, 7) is 2.56. The van der Waals surface area contributed by atoms with E-state index in [-0.39, 0.29) is 24.0 Å². The van der Waals surface area contributed by atoms with Gasteiger partial charge in [0, 0.05) is 13.1 Å². The normalized spacial score (nSPS) is 18.0. The first kappa shape index (κ1) is 15.9. The maximum absolute atomic E-state index is 12.4. The van der Waals surface area contributed by atoms with Crippen molar-refractivity contribution in [3.8, 4) is 0 Å². The van der Waals surface area contributed by atoms with Gasteiger partial charge < -0.3 is 9.84 Å². The van der Waals surface area contributed by atoms with Crippen molar-refractivity contribution in [3.63, 3.8) is 0 Å². The molecule has 118 valence electrons. The molecule has 8 nitrogen and oxygen atoms in total. The van der Waals surface area contributed by atoms with Gasteiger partial charge in [0.2, 0.25) is 10.0 Å². The third kappa shape index (κ3) is 3.80. The van der Waals surface area contributed by atoms with Crippen LogP contribution in [-0.4, -0.2) is 59.8 Å². The molecule has 2 N–H and O–H groups in total. The zero-order valence-corrected chi connectivity index (χ0v) is 12.6. The Labute approximate surface area is 123 Å². The molecule has 1 aromatic rings. The number of carboxylic acid groups (broad SMARTS) is 1. The van der Waals surface area contributed by atoms with E-state index in [9.17, 15) is 13.2 Å². The van der Waals surface area contributed by atoms with Crippen molar-refractivity contribution in [3.05, 3.63) is 11.9 Å². The summed E-state index contributed by atoms with van der Waals surface area (Å²) in [5, 5.41) is 14.9. The Morgan fingerprint density at radius 1 is 1.52 bits per heavy atom. The Morgan fingerprint density at radius 2 is 2.19 bits per heavy atom. The number of aromatic amines is 1. The first-order valence-electron chi connectivity index (χ1n) is 6.75. The van der Waals surface area contributed by atoms with E-state index in [4.69, 9.17) is 9.84 Å². The third-order valence-electron chi connectivity index (χ3n) is 3.47. The van der Waals surface area contributed by atoms with Crippen LogP contribution in [0.2, 0.25) is 0 Å². The topological polar surface area (TPSA) is 113 Å². The number of aryl methyl sites for hydroxylation is 1. The molecule has 0 radical (unpaired) electrons. The molecule has 1 saturated heterocycles. The van der Waals surface area contributed by atoms with Gasteiger partial charge in [-0.25, -0.2) is 8.42 Å². The van der Waals surface area contributed by atoms with E-state index in [1.807, 2.05) is 0 Å². The predicted octanol–water partition coefficient (Wildman–Crippen LogP) is 0.363. The minimum absolute atomic E-state index is 0.0350. The van der Waals surface area contributed by atoms with Gasteiger partial charge in [-0.3, -0.25) is 9.89 Å². The van der Waals surface area contributed by atoms with Crippen molar-refractivity contribution in [2.45, 2.75) is 37.2 Å². The van der Waals surface area contributed by atoms with E-state index in [0.29, 0.717) is 31.6 Å². The van der Waals surface area contributed by atoms with Gasteiger partial charge >= 0.3 is 5.97 Å². The Kier molecular flexibility index (Phi) is 4.96. The highest BCUT2D eigenvalue weighted by molar-refractivity contribution is 7.89. The van der Waals surface area contributed by atoms with Crippen molar-refractivity contribution in [1.82, 2.24) is 14.5 Å². The molecule has 0 aromatic carbocycles. The quantitative estimate of drug-likeness (QED) is 0.783. The SMILES string of the molecule is Cc1[nH]ncc1S(=O)(=O)N1CCC(OCCC(=O)O)CC1. The van der Waals surface area contributed by atoms with Gasteiger partial charge in [0.15, 0.2) is 0 Å². The Morgan fingerprint density at radius 3 is 2.71 bits per heavy atom. The molecule has 9 heteroatoms. The van der Waals surface area contributed by atoms with Crippen molar-refractivity contribution in [1.29, 1.82) is 0 Å². The summed E-state index contributed by atoms with van der Waals surface area (Å²) in [5.41, 5.74) is 0.523. The van der Waals surface area contributed by atoms with E-state index in [2.05, 4.69) is 10.2 Å². The average Bonchev–Trinajstić information content (AvgIpc) is 2.86. The van der Waals surface area contributed by atoms with Crippen LogP contribution in [0, 0.1) is 6.92 Å². The van der Waals surface area contributed by atoms with E-state index < -0.39 is 16.0 Å². The average molecular weight is 317 g/mol. The first-order chi connectivity index (χ1) is 9.91. The third-order valence-corrected chi connectivity index (χ3v) is 5.48. The van der Waals surface area contributed by atoms with Crippen molar-refractivity contribution < 1.29 is 23.1 Å². The van der Waals surface area contributed by atoms with Gasteiger partial charge in [0.1, 0.15) is 4.90 Å². The number of hydrogen-bond acceptors (Lipinski definition) is 5. The zero-order valence-electron chi connectivity index (χ0n) is 11.8. The first-order valence-corrected chi connectivity index (χ1v) is 8.19. The lowest BCUT2D eigenvalue weighted by molar-refractivity contribution is -0.138. The number of carbonyl (C=O) groups is 1. The number of sulfonamides is 1. The summed E-state index contributed by atoms with van der Waals surface area (Å²) in [5.74, 6) is -0.898. The lowest BCUT2D eigenvalue weighted by Crippen LogP contribution is -2.41. The van der Waals surface area contributed by atoms with E-state index in [1.54, 1.807) is 6.92 Å². The molecule has 1 aliphatic rings. The number of aromatic nitrogens is 2. The molecule has 0 spiro atoms. The maximum atomic E-state index is 12.4. The monoisotopic (exact) mass is 317 g/mol. The molecule has 0 saturated carbocycles. The number of rotatable bonds is 6. The molecule has 1 fully saturated rings. The molecule has 0 atom stereocenters. The number of piperidine rings is 1. The number of ether oxygens (including phenoxy) is 1. The molecule has 0 unspecified atom stereocenters. The van der Waals surface area contributed by atoms with E-state index >= 15 is 0 Å². The maximum Gasteiger partial charge on any atom is 0.305 e. The van der Waals surface area contributed by atoms with Crippen molar-refractivity contribution >= 4 is 16.0 Å². The number of nitrogens with one attached hydrogen (secondary N) is 1. The van der Waals surface area contributed by atoms with Gasteiger partial charge in [-0.05, 0) is 19.8 Å². The van der Waals surface area contributed by atoms with Crippen LogP contribution in [0.25, 0.3) is 0 Å². The number of nitrogens with zero attached hydrogens (tertiary/aromatic N) is 2. The summed E-state index contributed by atoms with van der Waals surface area (Å²) < 4.78 is 31.7. The number of carboxylic acids is 1. The van der Waals surface area contributed by atoms with Gasteiger partial charge in [0.25, 0.3) is 0 Å². The number of hydrogen-bond donors (Lipinski definition) is 2. The summed E-state index contributed by atoms with van der Waals surface area (Å²) in [6, 6.07) is 0. The fraction of sp³-hybridized carbons (Fsp3) is 0.667. The number of H-pyrrole nitrogens is 1. The van der Waals surface area contributed by atoms with E-state index in [1.165, 1.54) is 10.5 Å². The smallest absolute Gasteiger partial charge is 0.305 e. The molecule has 1 aliphatic heterocycles. The Bertz CT molecular complexity index is 590. The van der Waals surface area contributed by atoms with Crippen LogP contribution >= 0.6 is 0 Å². The summed E-state index contributed by atoms with van der Waals surface area (Å²) in [6.07, 6.45) is 2.33. The minimum atomic E-state index is -3.52. The highest BCUT2D eigenvalue weighted by Gasteiger charge is 2.31. The standard InChI is InChI=1S/C12H19N3O5S/c1-9-11(8-13-14-9)21(18,19)15-5-2-10(3-6-15)20-7-4-12(16)17/h8,10H,2-7H2,1H3,(H,13,14)(H,16,17). The second-order valence-corrected chi connectivity index (χ2v) is 6.88. The molecule has 2 rings (SSSR count). The molecule has 1 aromatic heterocycles. The van der Waals surface area contributed by atoms with Gasteiger partial charge in [-0.2, -0.15) is 9.40 Å². The Balaban J connectivity index is 1.89. The molecule has 0 bridgehead atoms. The minimum Gasteiger partial charge on any atom is -0.481 e. The van der Waals surface area contributed by atoms with Crippen LogP contribution in [0.4, 0.5) is 0 Å². The largest absolute Gasteiger partial charge is 0.481 e. The van der Waals surface area contributed by atoms with Gasteiger partial charge in [-0.1, -0.05) is 0 Å². The molecule has 2 heterocycles. The summed E-state index contributed by atoms with van der Waals surface area (Å²) in [4.78, 5) is 10.6. The van der Waals surface area contributed by atoms with Crippen LogP contribution < -0.4 is 0 Å². The molecule has 0 aliphatic carbocycles. The van der Waals surface area contributed by atoms with Gasteiger partial charge in [-0.15, -0.1) is 0 Å². The predicted molar refractivity (Wildman–Crippen MR) is 73.3 cm³/mol. The van der Waals surface area contributed by atoms with E-state index in [0.717, 1.165) is 0 Å². The highest BCUT2D eigenvalue weighted by atomic mass is 32.2. The van der Waals surface area contributed by atoms with Crippen LogP contribution in [0.3, 0.4) is 0 Å². The highest BCUT2D eigenvalue weighted by Crippen LogP contribution is 2.23. The molecular weight excluding hydrogens is 298 g/mol. The second kappa shape index (κ2) is 6.54. The molecule has 0 amide bonds. The number of aliphatic carboxylic acids is 1. The Hall–Kier alpha value is -1.45. The molecular formula is C12H19N3O5S. The van der Waals surface area contributed by atoms with Crippen LogP contribution in [0.15, 0.2) is 11.1 Å². The summed E-state index contributed by atoms with van der Waals surface area (Å²) in [7, 11) is -3.52. The fourth-order valence-corrected chi connectivity index (χ4v) is 3.88. The zero-order chi connectivity index (χ0) is 15.5. The van der Waals surface area contributed by atoms with Crippen LogP contribution in [-0.2, 0) is 19.6 Å². The van der Waals surface area contributed by atoms with Crippen molar-refractivity contribution in [2.75, 3.05) is 19.7 Å². The van der Waals surface area contributed by atoms with Crippen LogP contribution in [0.1, 0.15) is 25.0 Å². The van der Waals surface area contributed by atoms with Gasteiger partial charge in [0.05, 0.1) is 31.0 Å². The molecule has 21 heavy (non-hydrogen) atoms. The van der Waals surface area contributed by atoms with Crippen molar-refractivity contribution in [2.24, 2.45) is 0 Å². The fourth-order valence-electron chi connectivity index (χ4n) is 2.29. The summed E-state index contributed by atoms with van der Waals surface area (Å²) >= 11 is 0. The van der Waals surface area contributed by atoms with Crippen LogP contribution in [0.5, 0.6) is 0 Å². The lowest BCUT2D eigenvalue weighted by Gasteiger charge is -2.30.